The molecule has 0 unspecified atom stereocenters. The molecule has 0 saturated heterocycles. The highest BCUT2D eigenvalue weighted by Gasteiger charge is 2.21. The molecule has 0 N–H and O–H groups in total. The van der Waals surface area contributed by atoms with Crippen molar-refractivity contribution in [1.82, 2.24) is 14.5 Å². The SMILES string of the molecule is CCc1cccc2sc(N(CCCn3ccnc3)C(=O)COc3ccccc3F)nc12. The molecule has 4 rings (SSSR count). The minimum Gasteiger partial charge on any atom is -0.481 e. The predicted molar refractivity (Wildman–Crippen MR) is 120 cm³/mol. The van der Waals surface area contributed by atoms with Crippen LogP contribution in [0, 0.1) is 5.82 Å². The number of nitrogens with zero attached hydrogens (tertiary/aromatic N) is 4. The fourth-order valence-electron chi connectivity index (χ4n) is 3.33. The van der Waals surface area contributed by atoms with Gasteiger partial charge in [0.2, 0.25) is 0 Å². The maximum atomic E-state index is 13.9. The number of hydrogen-bond acceptors (Lipinski definition) is 5. The van der Waals surface area contributed by atoms with E-state index in [1.54, 1.807) is 29.6 Å². The summed E-state index contributed by atoms with van der Waals surface area (Å²) in [6, 6.07) is 12.2. The Morgan fingerprint density at radius 3 is 2.87 bits per heavy atom. The number of aryl methyl sites for hydroxylation is 2. The number of benzene rings is 2. The Hall–Kier alpha value is -3.26. The molecule has 2 aromatic carbocycles. The van der Waals surface area contributed by atoms with Crippen LogP contribution in [0.25, 0.3) is 10.2 Å². The van der Waals surface area contributed by atoms with Crippen molar-refractivity contribution in [3.63, 3.8) is 0 Å². The number of anilines is 1. The Kier molecular flexibility index (Phi) is 6.57. The van der Waals surface area contributed by atoms with Crippen LogP contribution in [0.1, 0.15) is 18.9 Å². The molecule has 160 valence electrons. The zero-order chi connectivity index (χ0) is 21.6. The van der Waals surface area contributed by atoms with Crippen LogP contribution in [0.15, 0.2) is 61.2 Å². The maximum Gasteiger partial charge on any atom is 0.266 e. The highest BCUT2D eigenvalue weighted by molar-refractivity contribution is 7.22. The molecule has 6 nitrogen and oxygen atoms in total. The molecule has 0 saturated carbocycles. The van der Waals surface area contributed by atoms with E-state index in [-0.39, 0.29) is 18.3 Å². The van der Waals surface area contributed by atoms with Gasteiger partial charge in [-0.15, -0.1) is 0 Å². The van der Waals surface area contributed by atoms with Gasteiger partial charge in [-0.05, 0) is 36.6 Å². The lowest BCUT2D eigenvalue weighted by Gasteiger charge is -2.20. The average Bonchev–Trinajstić information content (AvgIpc) is 3.45. The first-order valence-electron chi connectivity index (χ1n) is 10.2. The Balaban J connectivity index is 1.54. The van der Waals surface area contributed by atoms with Gasteiger partial charge in [-0.3, -0.25) is 9.69 Å². The number of rotatable bonds is 9. The minimum absolute atomic E-state index is 0.0618. The van der Waals surface area contributed by atoms with Gasteiger partial charge in [0.25, 0.3) is 5.91 Å². The van der Waals surface area contributed by atoms with Crippen LogP contribution < -0.4 is 9.64 Å². The monoisotopic (exact) mass is 438 g/mol. The molecule has 2 heterocycles. The smallest absolute Gasteiger partial charge is 0.266 e. The van der Waals surface area contributed by atoms with Crippen molar-refractivity contribution in [2.24, 2.45) is 0 Å². The van der Waals surface area contributed by atoms with E-state index >= 15 is 0 Å². The van der Waals surface area contributed by atoms with Crippen molar-refractivity contribution in [2.75, 3.05) is 18.1 Å². The van der Waals surface area contributed by atoms with Gasteiger partial charge in [-0.1, -0.05) is 42.5 Å². The minimum atomic E-state index is -0.491. The fourth-order valence-corrected chi connectivity index (χ4v) is 4.39. The first kappa shape index (κ1) is 21.0. The zero-order valence-corrected chi connectivity index (χ0v) is 18.0. The second-order valence-electron chi connectivity index (χ2n) is 7.03. The summed E-state index contributed by atoms with van der Waals surface area (Å²) in [5.74, 6) is -0.688. The van der Waals surface area contributed by atoms with Crippen molar-refractivity contribution >= 4 is 32.6 Å². The van der Waals surface area contributed by atoms with E-state index in [1.165, 1.54) is 23.5 Å². The number of carbonyl (C=O) groups is 1. The van der Waals surface area contributed by atoms with E-state index in [9.17, 15) is 9.18 Å². The van der Waals surface area contributed by atoms with Crippen molar-refractivity contribution in [3.05, 3.63) is 72.6 Å². The van der Waals surface area contributed by atoms with Crippen molar-refractivity contribution < 1.29 is 13.9 Å². The summed E-state index contributed by atoms with van der Waals surface area (Å²) < 4.78 is 22.3. The predicted octanol–water partition coefficient (Wildman–Crippen LogP) is 4.70. The summed E-state index contributed by atoms with van der Waals surface area (Å²) in [5.41, 5.74) is 2.07. The van der Waals surface area contributed by atoms with Gasteiger partial charge in [0.05, 0.1) is 16.5 Å². The average molecular weight is 439 g/mol. The zero-order valence-electron chi connectivity index (χ0n) is 17.2. The first-order chi connectivity index (χ1) is 15.2. The van der Waals surface area contributed by atoms with E-state index in [4.69, 9.17) is 9.72 Å². The number of para-hydroxylation sites is 2. The van der Waals surface area contributed by atoms with Crippen LogP contribution >= 0.6 is 11.3 Å². The molecule has 0 radical (unpaired) electrons. The molecule has 4 aromatic rings. The molecular weight excluding hydrogens is 415 g/mol. The van der Waals surface area contributed by atoms with Gasteiger partial charge in [0, 0.05) is 25.5 Å². The van der Waals surface area contributed by atoms with Crippen LogP contribution in [0.3, 0.4) is 0 Å². The fraction of sp³-hybridized carbons (Fsp3) is 0.261. The standard InChI is InChI=1S/C23H23FN4O2S/c1-2-17-7-5-10-20-22(17)26-23(31-20)28(13-6-12-27-14-11-25-16-27)21(29)15-30-19-9-4-3-8-18(19)24/h3-5,7-11,14,16H,2,6,12-13,15H2,1H3. The number of imidazole rings is 1. The van der Waals surface area contributed by atoms with E-state index < -0.39 is 5.82 Å². The van der Waals surface area contributed by atoms with Gasteiger partial charge in [-0.25, -0.2) is 14.4 Å². The quantitative estimate of drug-likeness (QED) is 0.380. The summed E-state index contributed by atoms with van der Waals surface area (Å²) in [6.45, 7) is 3.02. The number of hydrogen-bond donors (Lipinski definition) is 0. The second-order valence-corrected chi connectivity index (χ2v) is 8.04. The second kappa shape index (κ2) is 9.70. The summed E-state index contributed by atoms with van der Waals surface area (Å²) in [5, 5.41) is 0.628. The van der Waals surface area contributed by atoms with Crippen molar-refractivity contribution in [3.8, 4) is 5.75 Å². The van der Waals surface area contributed by atoms with Crippen LogP contribution in [0.4, 0.5) is 9.52 Å². The van der Waals surface area contributed by atoms with Crippen LogP contribution in [0.5, 0.6) is 5.75 Å². The molecule has 0 aliphatic rings. The molecule has 0 fully saturated rings. The number of carbonyl (C=O) groups excluding carboxylic acids is 1. The third-order valence-electron chi connectivity index (χ3n) is 4.95. The molecule has 1 amide bonds. The van der Waals surface area contributed by atoms with Crippen LogP contribution in [0.2, 0.25) is 0 Å². The maximum absolute atomic E-state index is 13.9. The van der Waals surface area contributed by atoms with Crippen molar-refractivity contribution in [2.45, 2.75) is 26.3 Å². The molecule has 0 aliphatic carbocycles. The number of amides is 1. The molecular formula is C23H23FN4O2S. The van der Waals surface area contributed by atoms with Gasteiger partial charge in [0.1, 0.15) is 0 Å². The Morgan fingerprint density at radius 2 is 2.10 bits per heavy atom. The van der Waals surface area contributed by atoms with E-state index in [2.05, 4.69) is 18.0 Å². The summed E-state index contributed by atoms with van der Waals surface area (Å²) in [4.78, 5) is 23.5. The molecule has 0 spiro atoms. The summed E-state index contributed by atoms with van der Waals surface area (Å²) in [6.07, 6.45) is 6.95. The van der Waals surface area contributed by atoms with Gasteiger partial charge in [0.15, 0.2) is 23.3 Å². The Morgan fingerprint density at radius 1 is 1.23 bits per heavy atom. The van der Waals surface area contributed by atoms with Crippen LogP contribution in [-0.2, 0) is 17.8 Å². The molecule has 31 heavy (non-hydrogen) atoms. The van der Waals surface area contributed by atoms with Crippen molar-refractivity contribution in [1.29, 1.82) is 0 Å². The lowest BCUT2D eigenvalue weighted by Crippen LogP contribution is -2.36. The molecule has 0 aliphatic heterocycles. The van der Waals surface area contributed by atoms with Gasteiger partial charge in [-0.2, -0.15) is 0 Å². The first-order valence-corrected chi connectivity index (χ1v) is 11.0. The number of fused-ring (bicyclic) bond motifs is 1. The number of ether oxygens (including phenoxy) is 1. The molecule has 0 atom stereocenters. The topological polar surface area (TPSA) is 60.2 Å². The normalized spacial score (nSPS) is 11.0. The highest BCUT2D eigenvalue weighted by Crippen LogP contribution is 2.31. The largest absolute Gasteiger partial charge is 0.481 e. The van der Waals surface area contributed by atoms with E-state index in [1.807, 2.05) is 22.9 Å². The van der Waals surface area contributed by atoms with E-state index in [0.717, 1.165) is 35.2 Å². The molecule has 0 bridgehead atoms. The third-order valence-corrected chi connectivity index (χ3v) is 5.99. The summed E-state index contributed by atoms with van der Waals surface area (Å²) in [7, 11) is 0. The molecule has 8 heteroatoms. The Bertz CT molecular complexity index is 1160. The Labute approximate surface area is 183 Å². The van der Waals surface area contributed by atoms with Gasteiger partial charge >= 0.3 is 0 Å². The number of halogens is 1. The highest BCUT2D eigenvalue weighted by atomic mass is 32.1. The lowest BCUT2D eigenvalue weighted by atomic mass is 10.1. The third kappa shape index (κ3) is 4.91. The van der Waals surface area contributed by atoms with E-state index in [0.29, 0.717) is 11.7 Å². The number of thiazole rings is 1. The van der Waals surface area contributed by atoms with Crippen LogP contribution in [-0.4, -0.2) is 33.6 Å². The lowest BCUT2D eigenvalue weighted by molar-refractivity contribution is -0.120. The molecule has 2 aromatic heterocycles. The van der Waals surface area contributed by atoms with Gasteiger partial charge < -0.3 is 9.30 Å². The summed E-state index contributed by atoms with van der Waals surface area (Å²) >= 11 is 1.48. The number of aromatic nitrogens is 3.